The molecule has 2 fully saturated rings. The van der Waals surface area contributed by atoms with E-state index in [1.54, 1.807) is 36.4 Å². The van der Waals surface area contributed by atoms with Crippen LogP contribution in [-0.4, -0.2) is 49.9 Å². The zero-order valence-electron chi connectivity index (χ0n) is 17.4. The Hall–Kier alpha value is -1.74. The fourth-order valence-electron chi connectivity index (χ4n) is 4.71. The lowest BCUT2D eigenvalue weighted by molar-refractivity contribution is 0.125. The molecule has 31 heavy (non-hydrogen) atoms. The van der Waals surface area contributed by atoms with E-state index < -0.39 is 37.8 Å². The minimum Gasteiger partial charge on any atom is -0.390 e. The summed E-state index contributed by atoms with van der Waals surface area (Å²) in [6.45, 7) is 0.00476. The highest BCUT2D eigenvalue weighted by Crippen LogP contribution is 2.34. The highest BCUT2D eigenvalue weighted by Gasteiger charge is 2.44. The molecule has 8 heteroatoms. The van der Waals surface area contributed by atoms with E-state index in [-0.39, 0.29) is 17.2 Å². The summed E-state index contributed by atoms with van der Waals surface area (Å²) in [4.78, 5) is 0.125. The maximum absolute atomic E-state index is 13.6. The molecule has 1 saturated carbocycles. The normalized spacial score (nSPS) is 24.5. The summed E-state index contributed by atoms with van der Waals surface area (Å²) in [6.07, 6.45) is 4.65. The Labute approximate surface area is 184 Å². The van der Waals surface area contributed by atoms with Gasteiger partial charge in [0.1, 0.15) is 0 Å². The van der Waals surface area contributed by atoms with Crippen molar-refractivity contribution in [2.24, 2.45) is 0 Å². The molecule has 0 bridgehead atoms. The van der Waals surface area contributed by atoms with E-state index in [0.29, 0.717) is 5.92 Å². The van der Waals surface area contributed by atoms with E-state index in [1.165, 1.54) is 19.3 Å². The van der Waals surface area contributed by atoms with Crippen LogP contribution in [0.2, 0.25) is 0 Å². The molecule has 1 N–H and O–H groups in total. The number of sulfonamides is 1. The first kappa shape index (κ1) is 22.5. The molecule has 168 valence electrons. The van der Waals surface area contributed by atoms with Crippen LogP contribution < -0.4 is 0 Å². The molecule has 4 rings (SSSR count). The van der Waals surface area contributed by atoms with E-state index >= 15 is 0 Å². The van der Waals surface area contributed by atoms with Crippen LogP contribution in [0.3, 0.4) is 0 Å². The average molecular weight is 464 g/mol. The van der Waals surface area contributed by atoms with Crippen LogP contribution >= 0.6 is 0 Å². The number of hydrogen-bond acceptors (Lipinski definition) is 5. The van der Waals surface area contributed by atoms with Gasteiger partial charge in [-0.15, -0.1) is 0 Å². The fraction of sp³-hybridized carbons (Fsp3) is 0.478. The van der Waals surface area contributed by atoms with Gasteiger partial charge in [-0.25, -0.2) is 16.8 Å². The van der Waals surface area contributed by atoms with Gasteiger partial charge in [-0.05, 0) is 42.0 Å². The second-order valence-corrected chi connectivity index (χ2v) is 12.7. The minimum atomic E-state index is -4.00. The van der Waals surface area contributed by atoms with Crippen molar-refractivity contribution in [1.82, 2.24) is 4.31 Å². The van der Waals surface area contributed by atoms with E-state index in [2.05, 4.69) is 0 Å². The fourth-order valence-corrected chi connectivity index (χ4v) is 8.25. The van der Waals surface area contributed by atoms with Gasteiger partial charge in [0.15, 0.2) is 9.84 Å². The van der Waals surface area contributed by atoms with Gasteiger partial charge in [0, 0.05) is 6.54 Å². The van der Waals surface area contributed by atoms with Crippen molar-refractivity contribution in [1.29, 1.82) is 0 Å². The zero-order chi connectivity index (χ0) is 22.1. The Kier molecular flexibility index (Phi) is 6.53. The molecule has 2 atom stereocenters. The Morgan fingerprint density at radius 1 is 0.903 bits per heavy atom. The smallest absolute Gasteiger partial charge is 0.243 e. The Bertz CT molecular complexity index is 1090. The number of aliphatic hydroxyl groups excluding tert-OH is 1. The third-order valence-electron chi connectivity index (χ3n) is 6.41. The first-order valence-electron chi connectivity index (χ1n) is 10.8. The summed E-state index contributed by atoms with van der Waals surface area (Å²) >= 11 is 0. The molecule has 1 aliphatic heterocycles. The average Bonchev–Trinajstić information content (AvgIpc) is 3.05. The molecule has 0 spiro atoms. The number of nitrogens with zero attached hydrogens (tertiary/aromatic N) is 1. The third-order valence-corrected chi connectivity index (χ3v) is 9.99. The molecule has 2 aliphatic rings. The molecule has 0 amide bonds. The van der Waals surface area contributed by atoms with Crippen molar-refractivity contribution in [3.05, 3.63) is 65.7 Å². The number of benzene rings is 2. The summed E-state index contributed by atoms with van der Waals surface area (Å²) in [6, 6.07) is 15.0. The number of aliphatic hydroxyl groups is 1. The molecule has 1 saturated heterocycles. The molecule has 0 aromatic heterocycles. The van der Waals surface area contributed by atoms with Crippen LogP contribution in [0.15, 0.2) is 59.5 Å². The number of hydrogen-bond donors (Lipinski definition) is 1. The monoisotopic (exact) mass is 463 g/mol. The van der Waals surface area contributed by atoms with Gasteiger partial charge in [-0.2, -0.15) is 4.31 Å². The van der Waals surface area contributed by atoms with Crippen molar-refractivity contribution in [3.8, 4) is 0 Å². The molecule has 0 unspecified atom stereocenters. The second kappa shape index (κ2) is 9.02. The summed E-state index contributed by atoms with van der Waals surface area (Å²) in [7, 11) is -7.51. The second-order valence-electron chi connectivity index (χ2n) is 8.65. The number of sulfone groups is 1. The number of rotatable bonds is 6. The highest BCUT2D eigenvalue weighted by atomic mass is 32.2. The molecule has 6 nitrogen and oxygen atoms in total. The lowest BCUT2D eigenvalue weighted by Gasteiger charge is -2.29. The van der Waals surface area contributed by atoms with Gasteiger partial charge >= 0.3 is 0 Å². The maximum Gasteiger partial charge on any atom is 0.243 e. The molecule has 0 radical (unpaired) electrons. The predicted octanol–water partition coefficient (Wildman–Crippen LogP) is 3.08. The van der Waals surface area contributed by atoms with Crippen LogP contribution in [0.25, 0.3) is 0 Å². The van der Waals surface area contributed by atoms with Crippen LogP contribution in [0.1, 0.15) is 49.1 Å². The van der Waals surface area contributed by atoms with Crippen LogP contribution in [0.4, 0.5) is 0 Å². The van der Waals surface area contributed by atoms with Gasteiger partial charge in [-0.1, -0.05) is 61.7 Å². The SMILES string of the molecule is O=S1(=O)C[C@@H](O)[C@@H](N(Cc2ccccc2)S(=O)(=O)c2ccc(C3CCCCC3)cc2)C1. The van der Waals surface area contributed by atoms with Crippen molar-refractivity contribution in [3.63, 3.8) is 0 Å². The minimum absolute atomic E-state index is 0.00476. The summed E-state index contributed by atoms with van der Waals surface area (Å²) in [5, 5.41) is 10.4. The van der Waals surface area contributed by atoms with E-state index in [4.69, 9.17) is 0 Å². The summed E-state index contributed by atoms with van der Waals surface area (Å²) < 4.78 is 52.6. The van der Waals surface area contributed by atoms with Gasteiger partial charge in [0.05, 0.1) is 28.5 Å². The van der Waals surface area contributed by atoms with Crippen molar-refractivity contribution < 1.29 is 21.9 Å². The first-order chi connectivity index (χ1) is 14.8. The van der Waals surface area contributed by atoms with Gasteiger partial charge in [-0.3, -0.25) is 0 Å². The Morgan fingerprint density at radius 2 is 1.55 bits per heavy atom. The van der Waals surface area contributed by atoms with E-state index in [1.807, 2.05) is 18.2 Å². The quantitative estimate of drug-likeness (QED) is 0.711. The van der Waals surface area contributed by atoms with E-state index in [0.717, 1.165) is 28.3 Å². The molecule has 2 aromatic rings. The summed E-state index contributed by atoms with van der Waals surface area (Å²) in [5.41, 5.74) is 1.89. The van der Waals surface area contributed by atoms with Crippen molar-refractivity contribution >= 4 is 19.9 Å². The predicted molar refractivity (Wildman–Crippen MR) is 120 cm³/mol. The van der Waals surface area contributed by atoms with Gasteiger partial charge in [0.2, 0.25) is 10.0 Å². The topological polar surface area (TPSA) is 91.8 Å². The van der Waals surface area contributed by atoms with Crippen LogP contribution in [-0.2, 0) is 26.4 Å². The molecule has 1 heterocycles. The van der Waals surface area contributed by atoms with Gasteiger partial charge < -0.3 is 5.11 Å². The van der Waals surface area contributed by atoms with Crippen molar-refractivity contribution in [2.75, 3.05) is 11.5 Å². The molecule has 2 aromatic carbocycles. The molecular weight excluding hydrogens is 434 g/mol. The Balaban J connectivity index is 1.66. The zero-order valence-corrected chi connectivity index (χ0v) is 19.1. The molecular formula is C23H29NO5S2. The van der Waals surface area contributed by atoms with E-state index in [9.17, 15) is 21.9 Å². The lowest BCUT2D eigenvalue weighted by atomic mass is 9.84. The van der Waals surface area contributed by atoms with Crippen LogP contribution in [0, 0.1) is 0 Å². The van der Waals surface area contributed by atoms with Crippen molar-refractivity contribution in [2.45, 2.75) is 61.6 Å². The standard InChI is InChI=1S/C23H29NO5S2/c25-23-17-30(26,27)16-22(23)24(15-18-7-3-1-4-8-18)31(28,29)21-13-11-20(12-14-21)19-9-5-2-6-10-19/h1,3-4,7-8,11-14,19,22-23,25H,2,5-6,9-10,15-17H2/t22-,23+/m0/s1. The lowest BCUT2D eigenvalue weighted by Crippen LogP contribution is -2.46. The van der Waals surface area contributed by atoms with Gasteiger partial charge in [0.25, 0.3) is 0 Å². The summed E-state index contributed by atoms with van der Waals surface area (Å²) in [5.74, 6) is -0.327. The highest BCUT2D eigenvalue weighted by molar-refractivity contribution is 7.92. The third kappa shape index (κ3) is 5.03. The van der Waals surface area contributed by atoms with Crippen LogP contribution in [0.5, 0.6) is 0 Å². The first-order valence-corrected chi connectivity index (χ1v) is 14.1. The maximum atomic E-state index is 13.6. The largest absolute Gasteiger partial charge is 0.390 e. The Morgan fingerprint density at radius 3 is 2.13 bits per heavy atom. The molecule has 1 aliphatic carbocycles.